The summed E-state index contributed by atoms with van der Waals surface area (Å²) in [6.07, 6.45) is 7.13. The first-order chi connectivity index (χ1) is 9.99. The van der Waals surface area contributed by atoms with Crippen LogP contribution in [0, 0.1) is 0 Å². The molecular weight excluding hydrogens is 290 g/mol. The van der Waals surface area contributed by atoms with E-state index in [2.05, 4.69) is 16.0 Å². The van der Waals surface area contributed by atoms with Crippen LogP contribution in [-0.4, -0.2) is 40.7 Å². The number of amides is 1. The Bertz CT molecular complexity index is 370. The van der Waals surface area contributed by atoms with Crippen LogP contribution in [0.25, 0.3) is 0 Å². The third-order valence-corrected chi connectivity index (χ3v) is 3.83. The van der Waals surface area contributed by atoms with Crippen molar-refractivity contribution in [3.05, 3.63) is 0 Å². The number of rotatable bonds is 7. The highest BCUT2D eigenvalue weighted by atomic mass is 32.1. The molecule has 0 bridgehead atoms. The fourth-order valence-corrected chi connectivity index (χ4v) is 2.76. The molecule has 21 heavy (non-hydrogen) atoms. The highest BCUT2D eigenvalue weighted by molar-refractivity contribution is 7.80. The first-order valence-corrected chi connectivity index (χ1v) is 7.94. The molecule has 0 saturated heterocycles. The third kappa shape index (κ3) is 7.84. The number of carbonyl (C=O) groups excluding carboxylic acids is 1. The summed E-state index contributed by atoms with van der Waals surface area (Å²) in [5.74, 6) is -1.34. The number of thiocarbonyl (C=S) groups is 1. The van der Waals surface area contributed by atoms with Crippen LogP contribution >= 0.6 is 12.2 Å². The van der Waals surface area contributed by atoms with E-state index in [-0.39, 0.29) is 5.91 Å². The lowest BCUT2D eigenvalue weighted by Crippen LogP contribution is -2.43. The summed E-state index contributed by atoms with van der Waals surface area (Å²) >= 11 is 5.23. The lowest BCUT2D eigenvalue weighted by Gasteiger charge is -2.24. The number of carbonyl (C=O) groups is 2. The van der Waals surface area contributed by atoms with Crippen LogP contribution in [0.2, 0.25) is 0 Å². The van der Waals surface area contributed by atoms with Crippen molar-refractivity contribution < 1.29 is 14.7 Å². The van der Waals surface area contributed by atoms with Gasteiger partial charge < -0.3 is 21.1 Å². The molecule has 0 aliphatic heterocycles. The monoisotopic (exact) mass is 315 g/mol. The molecule has 0 spiro atoms. The predicted molar refractivity (Wildman–Crippen MR) is 85.1 cm³/mol. The lowest BCUT2D eigenvalue weighted by atomic mass is 9.96. The SMILES string of the molecule is CC(=O)NC(CCCNC(=S)NC1CCCCC1)C(=O)O. The standard InChI is InChI=1S/C14H25N3O3S/c1-10(18)16-12(13(19)20)8-5-9-15-14(21)17-11-6-3-2-4-7-11/h11-12H,2-9H2,1H3,(H,16,18)(H,19,20)(H2,15,17,21). The number of carboxylic acids is 1. The Kier molecular flexibility index (Phi) is 8.04. The molecular formula is C14H25N3O3S. The Hall–Kier alpha value is -1.37. The van der Waals surface area contributed by atoms with E-state index in [1.165, 1.54) is 26.2 Å². The molecule has 0 heterocycles. The van der Waals surface area contributed by atoms with Crippen LogP contribution in [0.5, 0.6) is 0 Å². The lowest BCUT2D eigenvalue weighted by molar-refractivity contribution is -0.141. The van der Waals surface area contributed by atoms with Crippen LogP contribution in [0.1, 0.15) is 51.9 Å². The van der Waals surface area contributed by atoms with Gasteiger partial charge in [0, 0.05) is 19.5 Å². The molecule has 6 nitrogen and oxygen atoms in total. The van der Waals surface area contributed by atoms with Gasteiger partial charge in [0.05, 0.1) is 0 Å². The van der Waals surface area contributed by atoms with Crippen molar-refractivity contribution in [2.24, 2.45) is 0 Å². The number of aliphatic carboxylic acids is 1. The molecule has 1 saturated carbocycles. The molecule has 1 unspecified atom stereocenters. The van der Waals surface area contributed by atoms with Crippen molar-refractivity contribution in [3.8, 4) is 0 Å². The molecule has 1 atom stereocenters. The zero-order valence-corrected chi connectivity index (χ0v) is 13.3. The molecule has 0 aromatic carbocycles. The van der Waals surface area contributed by atoms with Crippen molar-refractivity contribution in [1.29, 1.82) is 0 Å². The fourth-order valence-electron chi connectivity index (χ4n) is 2.49. The number of hydrogen-bond donors (Lipinski definition) is 4. The van der Waals surface area contributed by atoms with Crippen molar-refractivity contribution >= 4 is 29.2 Å². The molecule has 0 aromatic heterocycles. The molecule has 1 rings (SSSR count). The summed E-state index contributed by atoms with van der Waals surface area (Å²) in [5.41, 5.74) is 0. The van der Waals surface area contributed by atoms with E-state index in [1.54, 1.807) is 0 Å². The minimum Gasteiger partial charge on any atom is -0.480 e. The highest BCUT2D eigenvalue weighted by Gasteiger charge is 2.17. The van der Waals surface area contributed by atoms with E-state index in [0.29, 0.717) is 30.5 Å². The molecule has 120 valence electrons. The van der Waals surface area contributed by atoms with E-state index in [9.17, 15) is 9.59 Å². The molecule has 1 aliphatic carbocycles. The summed E-state index contributed by atoms with van der Waals surface area (Å²) < 4.78 is 0. The van der Waals surface area contributed by atoms with Gasteiger partial charge in [-0.3, -0.25) is 4.79 Å². The Morgan fingerprint density at radius 2 is 1.95 bits per heavy atom. The van der Waals surface area contributed by atoms with E-state index in [0.717, 1.165) is 12.8 Å². The van der Waals surface area contributed by atoms with Crippen LogP contribution in [0.15, 0.2) is 0 Å². The Morgan fingerprint density at radius 3 is 2.52 bits per heavy atom. The van der Waals surface area contributed by atoms with Crippen LogP contribution in [0.3, 0.4) is 0 Å². The van der Waals surface area contributed by atoms with Crippen molar-refractivity contribution in [3.63, 3.8) is 0 Å². The zero-order valence-electron chi connectivity index (χ0n) is 12.5. The highest BCUT2D eigenvalue weighted by Crippen LogP contribution is 2.17. The second-order valence-corrected chi connectivity index (χ2v) is 5.88. The maximum absolute atomic E-state index is 11.0. The average molecular weight is 315 g/mol. The van der Waals surface area contributed by atoms with Gasteiger partial charge in [0.1, 0.15) is 6.04 Å². The normalized spacial score (nSPS) is 16.8. The fraction of sp³-hybridized carbons (Fsp3) is 0.786. The smallest absolute Gasteiger partial charge is 0.326 e. The average Bonchev–Trinajstić information content (AvgIpc) is 2.42. The van der Waals surface area contributed by atoms with Crippen LogP contribution in [-0.2, 0) is 9.59 Å². The topological polar surface area (TPSA) is 90.5 Å². The largest absolute Gasteiger partial charge is 0.480 e. The van der Waals surface area contributed by atoms with Crippen LogP contribution in [0.4, 0.5) is 0 Å². The summed E-state index contributed by atoms with van der Waals surface area (Å²) in [4.78, 5) is 21.9. The van der Waals surface area contributed by atoms with Crippen LogP contribution < -0.4 is 16.0 Å². The van der Waals surface area contributed by atoms with E-state index >= 15 is 0 Å². The molecule has 4 N–H and O–H groups in total. The van der Waals surface area contributed by atoms with Gasteiger partial charge in [-0.05, 0) is 37.9 Å². The van der Waals surface area contributed by atoms with Gasteiger partial charge in [0.15, 0.2) is 5.11 Å². The predicted octanol–water partition coefficient (Wildman–Crippen LogP) is 1.15. The van der Waals surface area contributed by atoms with Gasteiger partial charge in [0.25, 0.3) is 0 Å². The molecule has 7 heteroatoms. The third-order valence-electron chi connectivity index (χ3n) is 3.57. The first kappa shape index (κ1) is 17.7. The van der Waals surface area contributed by atoms with Gasteiger partial charge in [-0.2, -0.15) is 0 Å². The van der Waals surface area contributed by atoms with E-state index in [1.807, 2.05) is 0 Å². The van der Waals surface area contributed by atoms with E-state index in [4.69, 9.17) is 17.3 Å². The Morgan fingerprint density at radius 1 is 1.29 bits per heavy atom. The Balaban J connectivity index is 2.15. The quantitative estimate of drug-likeness (QED) is 0.416. The summed E-state index contributed by atoms with van der Waals surface area (Å²) in [6, 6.07) is -0.367. The minimum atomic E-state index is -1.01. The van der Waals surface area contributed by atoms with E-state index < -0.39 is 12.0 Å². The maximum atomic E-state index is 11.0. The summed E-state index contributed by atoms with van der Waals surface area (Å²) in [7, 11) is 0. The van der Waals surface area contributed by atoms with Gasteiger partial charge in [-0.15, -0.1) is 0 Å². The second-order valence-electron chi connectivity index (χ2n) is 5.47. The molecule has 1 aliphatic rings. The van der Waals surface area contributed by atoms with Gasteiger partial charge in [-0.25, -0.2) is 4.79 Å². The number of nitrogens with one attached hydrogen (secondary N) is 3. The maximum Gasteiger partial charge on any atom is 0.326 e. The van der Waals surface area contributed by atoms with Crippen molar-refractivity contribution in [2.75, 3.05) is 6.54 Å². The number of carboxylic acid groups (broad SMARTS) is 1. The van der Waals surface area contributed by atoms with Gasteiger partial charge in [0.2, 0.25) is 5.91 Å². The van der Waals surface area contributed by atoms with Gasteiger partial charge >= 0.3 is 5.97 Å². The molecule has 1 amide bonds. The zero-order chi connectivity index (χ0) is 15.7. The van der Waals surface area contributed by atoms with Crippen molar-refractivity contribution in [1.82, 2.24) is 16.0 Å². The Labute approximate surface area is 131 Å². The summed E-state index contributed by atoms with van der Waals surface area (Å²) in [5, 5.41) is 18.4. The first-order valence-electron chi connectivity index (χ1n) is 7.53. The van der Waals surface area contributed by atoms with Crippen molar-refractivity contribution in [2.45, 2.75) is 64.0 Å². The second kappa shape index (κ2) is 9.55. The molecule has 0 aromatic rings. The van der Waals surface area contributed by atoms with Gasteiger partial charge in [-0.1, -0.05) is 19.3 Å². The minimum absolute atomic E-state index is 0.329. The molecule has 1 fully saturated rings. The molecule has 0 radical (unpaired) electrons. The number of hydrogen-bond acceptors (Lipinski definition) is 3. The summed E-state index contributed by atoms with van der Waals surface area (Å²) in [6.45, 7) is 1.92.